The largest absolute Gasteiger partial charge is 0.748 e. The van der Waals surface area contributed by atoms with Gasteiger partial charge in [0.15, 0.2) is 33.6 Å². The van der Waals surface area contributed by atoms with Crippen molar-refractivity contribution in [2.75, 3.05) is 25.6 Å². The molecule has 2 aliphatic carbocycles. The summed E-state index contributed by atoms with van der Waals surface area (Å²) in [6.07, 6.45) is 11.0. The molecule has 5 unspecified atom stereocenters. The lowest BCUT2D eigenvalue weighted by atomic mass is 9.70. The Kier molecular flexibility index (Phi) is 12.8. The Morgan fingerprint density at radius 1 is 0.636 bits per heavy atom. The van der Waals surface area contributed by atoms with Crippen molar-refractivity contribution in [3.63, 3.8) is 0 Å². The molecule has 5 fully saturated rings. The van der Waals surface area contributed by atoms with Crippen LogP contribution in [0.25, 0.3) is 0 Å². The number of rotatable bonds is 11. The summed E-state index contributed by atoms with van der Waals surface area (Å²) in [6, 6.07) is 25.4. The Hall–Kier alpha value is -3.13. The van der Waals surface area contributed by atoms with Gasteiger partial charge in [-0.05, 0) is 135 Å². The molecule has 3 saturated heterocycles. The minimum absolute atomic E-state index is 0.0248. The molecule has 0 radical (unpaired) electrons. The number of Topliss-reactive ketones (excluding diaryl/α,β-unsaturated/α-hetero) is 1. The second kappa shape index (κ2) is 17.6. The molecule has 3 aromatic rings. The number of carbonyl (C=O) groups is 1. The number of hydrogen-bond acceptors (Lipinski definition) is 10. The first-order valence-corrected chi connectivity index (χ1v) is 22.7. The van der Waals surface area contributed by atoms with Crippen molar-refractivity contribution in [2.45, 2.75) is 124 Å². The number of carbonyl (C=O) groups excluding carboxylic acids is 1. The lowest BCUT2D eigenvalue weighted by Gasteiger charge is -2.37. The molecular formula is C43H54O10S2. The lowest BCUT2D eigenvalue weighted by molar-refractivity contribution is -0.128. The third-order valence-electron chi connectivity index (χ3n) is 12.0. The fraction of sp³-hybridized carbons (Fsp3) is 0.558. The molecule has 5 aliphatic rings. The molecule has 0 amide bonds. The van der Waals surface area contributed by atoms with Crippen molar-refractivity contribution in [3.8, 4) is 17.2 Å². The zero-order chi connectivity index (χ0) is 38.5. The van der Waals surface area contributed by atoms with Gasteiger partial charge in [-0.2, -0.15) is 0 Å². The summed E-state index contributed by atoms with van der Waals surface area (Å²) in [7, 11) is -4.65. The lowest BCUT2D eigenvalue weighted by Crippen LogP contribution is -2.42. The van der Waals surface area contributed by atoms with Gasteiger partial charge in [0.2, 0.25) is 0 Å². The van der Waals surface area contributed by atoms with Gasteiger partial charge in [0.1, 0.15) is 23.0 Å². The van der Waals surface area contributed by atoms with Crippen LogP contribution in [0.4, 0.5) is 0 Å². The van der Waals surface area contributed by atoms with Crippen LogP contribution in [0.15, 0.2) is 87.5 Å². The summed E-state index contributed by atoms with van der Waals surface area (Å²) in [5, 5.41) is 0. The van der Waals surface area contributed by atoms with E-state index in [-0.39, 0.29) is 46.9 Å². The van der Waals surface area contributed by atoms with Crippen LogP contribution in [0.2, 0.25) is 0 Å². The normalized spacial score (nSPS) is 28.1. The highest BCUT2D eigenvalue weighted by molar-refractivity contribution is 7.97. The highest BCUT2D eigenvalue weighted by Gasteiger charge is 2.64. The van der Waals surface area contributed by atoms with E-state index in [9.17, 15) is 17.8 Å². The fourth-order valence-corrected chi connectivity index (χ4v) is 12.0. The molecule has 12 heteroatoms. The van der Waals surface area contributed by atoms with E-state index >= 15 is 0 Å². The van der Waals surface area contributed by atoms with Crippen molar-refractivity contribution in [1.82, 2.24) is 0 Å². The van der Waals surface area contributed by atoms with Crippen LogP contribution in [0, 0.1) is 16.7 Å². The third-order valence-corrected chi connectivity index (χ3v) is 15.0. The highest BCUT2D eigenvalue weighted by atomic mass is 32.2. The maximum atomic E-state index is 11.8. The molecule has 3 aromatic carbocycles. The monoisotopic (exact) mass is 794 g/mol. The summed E-state index contributed by atoms with van der Waals surface area (Å²) < 4.78 is 68.3. The maximum absolute atomic E-state index is 11.8. The van der Waals surface area contributed by atoms with Crippen LogP contribution in [0.1, 0.15) is 90.9 Å². The molecule has 0 aromatic heterocycles. The van der Waals surface area contributed by atoms with Crippen molar-refractivity contribution in [2.24, 2.45) is 16.7 Å². The summed E-state index contributed by atoms with van der Waals surface area (Å²) in [4.78, 5) is 15.5. The van der Waals surface area contributed by atoms with Crippen molar-refractivity contribution in [3.05, 3.63) is 72.8 Å². The summed E-state index contributed by atoms with van der Waals surface area (Å²) in [5.41, 5.74) is -1.22. The molecule has 3 aliphatic heterocycles. The molecule has 0 spiro atoms. The number of ketones is 1. The highest BCUT2D eigenvalue weighted by Crippen LogP contribution is 2.64. The number of ether oxygens (including phenoxy) is 6. The maximum Gasteiger partial charge on any atom is 0.199 e. The summed E-state index contributed by atoms with van der Waals surface area (Å²) in [6.45, 7) is 6.14. The molecule has 298 valence electrons. The minimum atomic E-state index is -4.33. The molecule has 2 saturated carbocycles. The zero-order valence-electron chi connectivity index (χ0n) is 32.0. The topological polar surface area (TPSA) is 130 Å². The standard InChI is InChI=1S/C33H39O6S.C10H16O4S/c1-4-22-34-31(7-1)37-25-10-16-28(17-11-25)40(29-18-12-26(13-19-29)38-32-8-2-5-23-35-32)30-20-14-27(15-21-30)39-33-9-3-6-24-36-33;1-9(2)7-3-4-10(9,8(11)5-7)6-15(12,13)14/h10-21,31-33H,1-9,22-24H2;7H,3-6H2,1-2H3,(H,12,13,14)/q+1;/p-1. The van der Waals surface area contributed by atoms with Gasteiger partial charge in [0, 0.05) is 31.1 Å². The Balaban J connectivity index is 0.000000259. The van der Waals surface area contributed by atoms with Gasteiger partial charge in [-0.15, -0.1) is 0 Å². The zero-order valence-corrected chi connectivity index (χ0v) is 33.6. The molecule has 5 atom stereocenters. The van der Waals surface area contributed by atoms with Crippen LogP contribution >= 0.6 is 0 Å². The SMILES string of the molecule is CC1(C)C2CCC1(CS(=O)(=O)[O-])C(=O)C2.c1cc([S+](c2ccc(OC3CCCCO3)cc2)c2ccc(OC3CCCCO3)cc2)ccc1OC1CCCCO1. The Morgan fingerprint density at radius 2 is 1.02 bits per heavy atom. The molecular weight excluding hydrogens is 741 g/mol. The van der Waals surface area contributed by atoms with E-state index in [1.165, 1.54) is 14.7 Å². The van der Waals surface area contributed by atoms with Crippen molar-refractivity contribution < 1.29 is 46.2 Å². The van der Waals surface area contributed by atoms with Gasteiger partial charge >= 0.3 is 0 Å². The first-order valence-electron chi connectivity index (χ1n) is 19.9. The minimum Gasteiger partial charge on any atom is -0.748 e. The average Bonchev–Trinajstić information content (AvgIpc) is 3.52. The predicted molar refractivity (Wildman–Crippen MR) is 207 cm³/mol. The van der Waals surface area contributed by atoms with Gasteiger partial charge in [-0.3, -0.25) is 4.79 Å². The first kappa shape index (κ1) is 40.1. The van der Waals surface area contributed by atoms with Crippen LogP contribution in [-0.4, -0.2) is 63.2 Å². The van der Waals surface area contributed by atoms with E-state index in [1.807, 2.05) is 13.8 Å². The third kappa shape index (κ3) is 9.71. The number of benzene rings is 3. The predicted octanol–water partition coefficient (Wildman–Crippen LogP) is 8.43. The summed E-state index contributed by atoms with van der Waals surface area (Å²) in [5.74, 6) is 2.24. The van der Waals surface area contributed by atoms with Crippen molar-refractivity contribution in [1.29, 1.82) is 0 Å². The van der Waals surface area contributed by atoms with E-state index in [0.29, 0.717) is 12.8 Å². The second-order valence-electron chi connectivity index (χ2n) is 15.8. The Morgan fingerprint density at radius 3 is 1.29 bits per heavy atom. The number of hydrogen-bond donors (Lipinski definition) is 0. The van der Waals surface area contributed by atoms with E-state index in [0.717, 1.165) is 101 Å². The van der Waals surface area contributed by atoms with Crippen LogP contribution in [0.5, 0.6) is 17.2 Å². The molecule has 2 bridgehead atoms. The van der Waals surface area contributed by atoms with E-state index in [1.54, 1.807) is 0 Å². The van der Waals surface area contributed by atoms with Gasteiger partial charge in [-0.25, -0.2) is 8.42 Å². The quantitative estimate of drug-likeness (QED) is 0.138. The van der Waals surface area contributed by atoms with Gasteiger partial charge in [0.25, 0.3) is 0 Å². The fourth-order valence-electron chi connectivity index (χ4n) is 8.65. The summed E-state index contributed by atoms with van der Waals surface area (Å²) >= 11 is 0. The van der Waals surface area contributed by atoms with Gasteiger partial charge in [0.05, 0.1) is 46.6 Å². The average molecular weight is 795 g/mol. The molecule has 0 N–H and O–H groups in total. The van der Waals surface area contributed by atoms with Crippen LogP contribution in [-0.2, 0) is 40.0 Å². The van der Waals surface area contributed by atoms with Crippen LogP contribution < -0.4 is 14.2 Å². The van der Waals surface area contributed by atoms with E-state index in [2.05, 4.69) is 72.8 Å². The van der Waals surface area contributed by atoms with E-state index < -0.39 is 21.3 Å². The van der Waals surface area contributed by atoms with E-state index in [4.69, 9.17) is 28.4 Å². The van der Waals surface area contributed by atoms with Gasteiger partial charge < -0.3 is 33.0 Å². The Bertz CT molecular complexity index is 1660. The first-order chi connectivity index (χ1) is 26.5. The molecule has 8 rings (SSSR count). The van der Waals surface area contributed by atoms with Crippen LogP contribution in [0.3, 0.4) is 0 Å². The molecule has 55 heavy (non-hydrogen) atoms. The van der Waals surface area contributed by atoms with Gasteiger partial charge in [-0.1, -0.05) is 13.8 Å². The molecule has 3 heterocycles. The smallest absolute Gasteiger partial charge is 0.199 e. The second-order valence-corrected chi connectivity index (χ2v) is 19.3. The molecule has 10 nitrogen and oxygen atoms in total. The van der Waals surface area contributed by atoms with Crippen molar-refractivity contribution >= 4 is 26.8 Å². The Labute approximate surface area is 328 Å². The number of fused-ring (bicyclic) bond motifs is 2.